The van der Waals surface area contributed by atoms with Crippen LogP contribution in [0.4, 0.5) is 13.2 Å². The standard InChI is InChI=1S/C20H21F3O4/c1-12(13-7-9-14(10-8-13)20(21,22)23)19(2)11-5-6-15(17(24)26-3)16(19)18(25)27-4/h5,7-11,15-16H,1,6H2,2-4H3/t15-,16-,19-/m1/s1. The second-order valence-electron chi connectivity index (χ2n) is 6.60. The molecule has 0 saturated heterocycles. The van der Waals surface area contributed by atoms with Crippen LogP contribution in [0.15, 0.2) is 43.0 Å². The Balaban J connectivity index is 2.47. The highest BCUT2D eigenvalue weighted by molar-refractivity contribution is 5.87. The predicted octanol–water partition coefficient (Wildman–Crippen LogP) is 4.26. The van der Waals surface area contributed by atoms with Crippen LogP contribution in [0.1, 0.15) is 24.5 Å². The van der Waals surface area contributed by atoms with Crippen LogP contribution in [0.3, 0.4) is 0 Å². The van der Waals surface area contributed by atoms with Crippen LogP contribution in [0.2, 0.25) is 0 Å². The number of benzene rings is 1. The smallest absolute Gasteiger partial charge is 0.416 e. The Hall–Kier alpha value is -2.57. The molecule has 146 valence electrons. The van der Waals surface area contributed by atoms with Crippen LogP contribution in [0.25, 0.3) is 5.57 Å². The molecule has 0 bridgehead atoms. The minimum atomic E-state index is -4.45. The van der Waals surface area contributed by atoms with Crippen molar-refractivity contribution in [3.63, 3.8) is 0 Å². The molecule has 2 rings (SSSR count). The Morgan fingerprint density at radius 1 is 1.11 bits per heavy atom. The molecule has 0 saturated carbocycles. The number of alkyl halides is 3. The van der Waals surface area contributed by atoms with Gasteiger partial charge in [-0.3, -0.25) is 9.59 Å². The first kappa shape index (κ1) is 20.7. The zero-order chi connectivity index (χ0) is 20.4. The van der Waals surface area contributed by atoms with Crippen LogP contribution in [0.5, 0.6) is 0 Å². The first-order valence-corrected chi connectivity index (χ1v) is 8.26. The number of carbonyl (C=O) groups excluding carboxylic acids is 2. The van der Waals surface area contributed by atoms with Gasteiger partial charge in [0.2, 0.25) is 0 Å². The van der Waals surface area contributed by atoms with Crippen LogP contribution in [-0.2, 0) is 25.2 Å². The normalized spacial score (nSPS) is 25.0. The highest BCUT2D eigenvalue weighted by Gasteiger charge is 2.50. The molecule has 0 heterocycles. The molecule has 1 aliphatic rings. The SMILES string of the molecule is C=C(c1ccc(C(F)(F)F)cc1)[C@@]1(C)C=CC[C@@H](C(=O)OC)[C@@H]1C(=O)OC. The van der Waals surface area contributed by atoms with Gasteiger partial charge in [0.1, 0.15) is 0 Å². The van der Waals surface area contributed by atoms with Gasteiger partial charge in [0.15, 0.2) is 0 Å². The molecule has 0 unspecified atom stereocenters. The Kier molecular flexibility index (Phi) is 5.82. The number of hydrogen-bond donors (Lipinski definition) is 0. The highest BCUT2D eigenvalue weighted by Crippen LogP contribution is 2.49. The van der Waals surface area contributed by atoms with E-state index in [4.69, 9.17) is 9.47 Å². The number of rotatable bonds is 4. The first-order valence-electron chi connectivity index (χ1n) is 8.26. The van der Waals surface area contributed by atoms with E-state index >= 15 is 0 Å². The molecule has 0 aromatic heterocycles. The largest absolute Gasteiger partial charge is 0.469 e. The molecular weight excluding hydrogens is 361 g/mol. The van der Waals surface area contributed by atoms with Crippen molar-refractivity contribution in [1.82, 2.24) is 0 Å². The first-order chi connectivity index (χ1) is 12.6. The number of carbonyl (C=O) groups is 2. The summed E-state index contributed by atoms with van der Waals surface area (Å²) in [5.74, 6) is -2.84. The van der Waals surface area contributed by atoms with E-state index in [0.29, 0.717) is 17.6 Å². The van der Waals surface area contributed by atoms with Gasteiger partial charge in [0.25, 0.3) is 0 Å². The molecule has 0 spiro atoms. The third-order valence-corrected chi connectivity index (χ3v) is 5.07. The van der Waals surface area contributed by atoms with E-state index < -0.39 is 40.9 Å². The van der Waals surface area contributed by atoms with Gasteiger partial charge < -0.3 is 9.47 Å². The van der Waals surface area contributed by atoms with Crippen molar-refractivity contribution in [3.05, 3.63) is 54.1 Å². The number of allylic oxidation sites excluding steroid dienone is 3. The van der Waals surface area contributed by atoms with Gasteiger partial charge in [-0.2, -0.15) is 13.2 Å². The zero-order valence-corrected chi connectivity index (χ0v) is 15.3. The molecule has 0 fully saturated rings. The molecule has 7 heteroatoms. The minimum absolute atomic E-state index is 0.294. The molecule has 0 N–H and O–H groups in total. The van der Waals surface area contributed by atoms with Crippen molar-refractivity contribution >= 4 is 17.5 Å². The Morgan fingerprint density at radius 3 is 2.15 bits per heavy atom. The van der Waals surface area contributed by atoms with Crippen molar-refractivity contribution in [1.29, 1.82) is 0 Å². The van der Waals surface area contributed by atoms with E-state index in [1.165, 1.54) is 26.4 Å². The molecule has 0 aliphatic heterocycles. The van der Waals surface area contributed by atoms with Crippen molar-refractivity contribution < 1.29 is 32.2 Å². The van der Waals surface area contributed by atoms with Crippen molar-refractivity contribution in [3.8, 4) is 0 Å². The summed E-state index contributed by atoms with van der Waals surface area (Å²) >= 11 is 0. The lowest BCUT2D eigenvalue weighted by atomic mass is 9.61. The molecular formula is C20H21F3O4. The number of halogens is 3. The summed E-state index contributed by atoms with van der Waals surface area (Å²) in [6, 6.07) is 4.53. The zero-order valence-electron chi connectivity index (χ0n) is 15.3. The molecule has 0 radical (unpaired) electrons. The highest BCUT2D eigenvalue weighted by atomic mass is 19.4. The summed E-state index contributed by atoms with van der Waals surface area (Å²) in [4.78, 5) is 24.7. The summed E-state index contributed by atoms with van der Waals surface area (Å²) in [6.45, 7) is 5.71. The van der Waals surface area contributed by atoms with Gasteiger partial charge in [0.05, 0.1) is 31.6 Å². The van der Waals surface area contributed by atoms with E-state index in [1.807, 2.05) is 0 Å². The van der Waals surface area contributed by atoms with Gasteiger partial charge >= 0.3 is 18.1 Å². The third kappa shape index (κ3) is 3.91. The molecule has 3 atom stereocenters. The summed E-state index contributed by atoms with van der Waals surface area (Å²) in [7, 11) is 2.45. The van der Waals surface area contributed by atoms with Crippen LogP contribution >= 0.6 is 0 Å². The molecule has 1 aromatic rings. The molecule has 0 amide bonds. The summed E-state index contributed by atoms with van der Waals surface area (Å²) in [5, 5.41) is 0. The monoisotopic (exact) mass is 382 g/mol. The maximum absolute atomic E-state index is 12.8. The van der Waals surface area contributed by atoms with E-state index in [1.54, 1.807) is 19.1 Å². The average molecular weight is 382 g/mol. The number of ether oxygens (including phenoxy) is 2. The second-order valence-corrected chi connectivity index (χ2v) is 6.60. The van der Waals surface area contributed by atoms with Gasteiger partial charge in [0, 0.05) is 5.41 Å². The quantitative estimate of drug-likeness (QED) is 0.577. The Morgan fingerprint density at radius 2 is 1.67 bits per heavy atom. The maximum Gasteiger partial charge on any atom is 0.416 e. The topological polar surface area (TPSA) is 52.6 Å². The summed E-state index contributed by atoms with van der Waals surface area (Å²) < 4.78 is 48.1. The van der Waals surface area contributed by atoms with E-state index in [2.05, 4.69) is 6.58 Å². The summed E-state index contributed by atoms with van der Waals surface area (Å²) in [5.41, 5.74) is -0.948. The number of esters is 2. The Bertz CT molecular complexity index is 764. The summed E-state index contributed by atoms with van der Waals surface area (Å²) in [6.07, 6.45) is -0.661. The van der Waals surface area contributed by atoms with Crippen molar-refractivity contribution in [2.45, 2.75) is 19.5 Å². The molecule has 4 nitrogen and oxygen atoms in total. The predicted molar refractivity (Wildman–Crippen MR) is 93.4 cm³/mol. The Labute approximate surface area is 155 Å². The van der Waals surface area contributed by atoms with E-state index in [0.717, 1.165) is 12.1 Å². The lowest BCUT2D eigenvalue weighted by Gasteiger charge is -2.41. The fourth-order valence-corrected chi connectivity index (χ4v) is 3.50. The minimum Gasteiger partial charge on any atom is -0.469 e. The van der Waals surface area contributed by atoms with Crippen LogP contribution in [-0.4, -0.2) is 26.2 Å². The fourth-order valence-electron chi connectivity index (χ4n) is 3.50. The lowest BCUT2D eigenvalue weighted by Crippen LogP contribution is -2.44. The second kappa shape index (κ2) is 7.58. The van der Waals surface area contributed by atoms with E-state index in [-0.39, 0.29) is 0 Å². The molecule has 1 aromatic carbocycles. The fraction of sp³-hybridized carbons (Fsp3) is 0.400. The van der Waals surface area contributed by atoms with Gasteiger partial charge in [-0.15, -0.1) is 0 Å². The van der Waals surface area contributed by atoms with Gasteiger partial charge in [-0.25, -0.2) is 0 Å². The lowest BCUT2D eigenvalue weighted by molar-refractivity contribution is -0.160. The van der Waals surface area contributed by atoms with Crippen LogP contribution in [0, 0.1) is 17.3 Å². The number of methoxy groups -OCH3 is 2. The third-order valence-electron chi connectivity index (χ3n) is 5.07. The van der Waals surface area contributed by atoms with Gasteiger partial charge in [-0.05, 0) is 29.7 Å². The van der Waals surface area contributed by atoms with Crippen molar-refractivity contribution in [2.75, 3.05) is 14.2 Å². The van der Waals surface area contributed by atoms with Crippen molar-refractivity contribution in [2.24, 2.45) is 17.3 Å². The number of hydrogen-bond acceptors (Lipinski definition) is 4. The molecule has 1 aliphatic carbocycles. The molecule has 27 heavy (non-hydrogen) atoms. The van der Waals surface area contributed by atoms with Crippen LogP contribution < -0.4 is 0 Å². The van der Waals surface area contributed by atoms with Gasteiger partial charge in [-0.1, -0.05) is 37.8 Å². The maximum atomic E-state index is 12.8. The van der Waals surface area contributed by atoms with E-state index in [9.17, 15) is 22.8 Å². The average Bonchev–Trinajstić information content (AvgIpc) is 2.65.